The number of benzene rings is 4. The Bertz CT molecular complexity index is 1350. The number of phenols is 1. The van der Waals surface area contributed by atoms with Gasteiger partial charge in [-0.3, -0.25) is 0 Å². The van der Waals surface area contributed by atoms with Crippen molar-refractivity contribution in [2.75, 3.05) is 6.61 Å². The first-order valence-corrected chi connectivity index (χ1v) is 10.8. The fraction of sp³-hybridized carbons (Fsp3) is 0.107. The zero-order chi connectivity index (χ0) is 24.9. The smallest absolute Gasteiger partial charge is 0.343 e. The number of aromatic hydroxyl groups is 1. The van der Waals surface area contributed by atoms with Crippen LogP contribution in [0.25, 0.3) is 22.3 Å². The summed E-state index contributed by atoms with van der Waals surface area (Å²) in [6.45, 7) is 2.70. The van der Waals surface area contributed by atoms with E-state index in [0.717, 1.165) is 6.07 Å². The fourth-order valence-corrected chi connectivity index (χ4v) is 3.52. The van der Waals surface area contributed by atoms with Gasteiger partial charge in [-0.15, -0.1) is 0 Å². The Balaban J connectivity index is 1.50. The molecule has 0 aliphatic rings. The molecule has 0 fully saturated rings. The molecule has 0 saturated heterocycles. The number of rotatable bonds is 7. The zero-order valence-electron chi connectivity index (χ0n) is 18.7. The molecule has 0 aliphatic heterocycles. The van der Waals surface area contributed by atoms with Crippen LogP contribution in [0.3, 0.4) is 0 Å². The summed E-state index contributed by atoms with van der Waals surface area (Å²) in [6, 6.07) is 18.7. The van der Waals surface area contributed by atoms with Crippen LogP contribution >= 0.6 is 0 Å². The van der Waals surface area contributed by atoms with Gasteiger partial charge >= 0.3 is 5.97 Å². The van der Waals surface area contributed by atoms with Gasteiger partial charge in [0.1, 0.15) is 11.6 Å². The molecule has 4 rings (SSSR count). The second-order valence-corrected chi connectivity index (χ2v) is 7.70. The molecule has 7 heteroatoms. The van der Waals surface area contributed by atoms with E-state index in [-0.39, 0.29) is 16.9 Å². The number of ether oxygens (including phenoxy) is 2. The van der Waals surface area contributed by atoms with Gasteiger partial charge in [0.15, 0.2) is 11.6 Å². The van der Waals surface area contributed by atoms with E-state index in [1.165, 1.54) is 48.5 Å². The maximum absolute atomic E-state index is 14.6. The van der Waals surface area contributed by atoms with E-state index in [1.54, 1.807) is 24.3 Å². The highest BCUT2D eigenvalue weighted by Gasteiger charge is 2.19. The summed E-state index contributed by atoms with van der Waals surface area (Å²) in [6.07, 6.45) is 0. The van der Waals surface area contributed by atoms with Gasteiger partial charge in [0.25, 0.3) is 0 Å². The molecule has 4 aromatic rings. The second-order valence-electron chi connectivity index (χ2n) is 7.70. The topological polar surface area (TPSA) is 55.8 Å². The third-order valence-electron chi connectivity index (χ3n) is 5.37. The van der Waals surface area contributed by atoms with Crippen molar-refractivity contribution in [3.63, 3.8) is 0 Å². The molecule has 178 valence electrons. The standard InChI is InChI=1S/C28H21F3O4/c1-2-34-16-17-3-12-22(24(29)15-17)18-4-6-20(7-5-18)28(33)35-25-14-13-23(26(30)27(25)31)19-8-10-21(32)11-9-19/h3-15,32H,2,16H2,1H3. The van der Waals surface area contributed by atoms with Crippen molar-refractivity contribution in [3.8, 4) is 33.8 Å². The molecule has 0 spiro atoms. The fourth-order valence-electron chi connectivity index (χ4n) is 3.52. The quantitative estimate of drug-likeness (QED) is 0.232. The molecule has 0 radical (unpaired) electrons. The molecular formula is C28H21F3O4. The maximum atomic E-state index is 14.6. The lowest BCUT2D eigenvalue weighted by atomic mass is 10.0. The summed E-state index contributed by atoms with van der Waals surface area (Å²) in [5.74, 6) is -4.37. The Morgan fingerprint density at radius 2 is 1.43 bits per heavy atom. The van der Waals surface area contributed by atoms with Crippen molar-refractivity contribution in [1.29, 1.82) is 0 Å². The molecular weight excluding hydrogens is 457 g/mol. The monoisotopic (exact) mass is 478 g/mol. The molecule has 0 saturated carbocycles. The van der Waals surface area contributed by atoms with Gasteiger partial charge in [-0.05, 0) is 66.1 Å². The van der Waals surface area contributed by atoms with Crippen molar-refractivity contribution in [2.24, 2.45) is 0 Å². The zero-order valence-corrected chi connectivity index (χ0v) is 18.7. The molecule has 0 aliphatic carbocycles. The Kier molecular flexibility index (Phi) is 7.17. The van der Waals surface area contributed by atoms with Crippen LogP contribution in [0.4, 0.5) is 13.2 Å². The average molecular weight is 478 g/mol. The maximum Gasteiger partial charge on any atom is 0.343 e. The highest BCUT2D eigenvalue weighted by molar-refractivity contribution is 5.91. The minimum Gasteiger partial charge on any atom is -0.508 e. The summed E-state index contributed by atoms with van der Waals surface area (Å²) in [5, 5.41) is 9.37. The summed E-state index contributed by atoms with van der Waals surface area (Å²) in [5.41, 5.74) is 2.00. The number of hydrogen-bond donors (Lipinski definition) is 1. The van der Waals surface area contributed by atoms with E-state index in [2.05, 4.69) is 0 Å². The first-order valence-electron chi connectivity index (χ1n) is 10.8. The van der Waals surface area contributed by atoms with Crippen molar-refractivity contribution in [3.05, 3.63) is 107 Å². The van der Waals surface area contributed by atoms with Gasteiger partial charge in [0.2, 0.25) is 5.82 Å². The number of halogens is 3. The number of esters is 1. The van der Waals surface area contributed by atoms with Crippen molar-refractivity contribution in [1.82, 2.24) is 0 Å². The van der Waals surface area contributed by atoms with Crippen LogP contribution in [0.2, 0.25) is 0 Å². The van der Waals surface area contributed by atoms with E-state index < -0.39 is 29.2 Å². The third kappa shape index (κ3) is 5.36. The average Bonchev–Trinajstić information content (AvgIpc) is 2.86. The van der Waals surface area contributed by atoms with Gasteiger partial charge in [0, 0.05) is 17.7 Å². The van der Waals surface area contributed by atoms with Gasteiger partial charge in [-0.2, -0.15) is 4.39 Å². The van der Waals surface area contributed by atoms with Crippen LogP contribution in [0.15, 0.2) is 78.9 Å². The van der Waals surface area contributed by atoms with Crippen LogP contribution in [0.5, 0.6) is 11.5 Å². The Hall–Kier alpha value is -4.10. The van der Waals surface area contributed by atoms with Gasteiger partial charge in [0.05, 0.1) is 12.2 Å². The Morgan fingerprint density at radius 3 is 2.09 bits per heavy atom. The molecule has 4 aromatic carbocycles. The molecule has 35 heavy (non-hydrogen) atoms. The normalized spacial score (nSPS) is 10.9. The van der Waals surface area contributed by atoms with E-state index in [4.69, 9.17) is 9.47 Å². The summed E-state index contributed by atoms with van der Waals surface area (Å²) in [4.78, 5) is 12.5. The Morgan fingerprint density at radius 1 is 0.800 bits per heavy atom. The SMILES string of the molecule is CCOCc1ccc(-c2ccc(C(=O)Oc3ccc(-c4ccc(O)cc4)c(F)c3F)cc2)c(F)c1. The lowest BCUT2D eigenvalue weighted by Gasteiger charge is -2.10. The number of hydrogen-bond acceptors (Lipinski definition) is 4. The predicted molar refractivity (Wildman–Crippen MR) is 126 cm³/mol. The molecule has 0 aromatic heterocycles. The summed E-state index contributed by atoms with van der Waals surface area (Å²) < 4.78 is 54.1. The number of carbonyl (C=O) groups excluding carboxylic acids is 1. The lowest BCUT2D eigenvalue weighted by Crippen LogP contribution is -2.10. The molecule has 0 amide bonds. The first kappa shape index (κ1) is 24.0. The van der Waals surface area contributed by atoms with E-state index >= 15 is 0 Å². The molecule has 0 unspecified atom stereocenters. The number of carbonyl (C=O) groups is 1. The minimum atomic E-state index is -1.31. The summed E-state index contributed by atoms with van der Waals surface area (Å²) in [7, 11) is 0. The van der Waals surface area contributed by atoms with E-state index in [9.17, 15) is 23.1 Å². The second kappa shape index (κ2) is 10.4. The largest absolute Gasteiger partial charge is 0.508 e. The minimum absolute atomic E-state index is 0.00692. The molecule has 0 bridgehead atoms. The summed E-state index contributed by atoms with van der Waals surface area (Å²) >= 11 is 0. The van der Waals surface area contributed by atoms with Crippen LogP contribution in [0, 0.1) is 17.5 Å². The van der Waals surface area contributed by atoms with Crippen molar-refractivity contribution in [2.45, 2.75) is 13.5 Å². The molecule has 1 N–H and O–H groups in total. The first-order chi connectivity index (χ1) is 16.9. The van der Waals surface area contributed by atoms with E-state index in [0.29, 0.717) is 35.5 Å². The van der Waals surface area contributed by atoms with Crippen LogP contribution in [0.1, 0.15) is 22.8 Å². The Labute approximate surface area is 200 Å². The molecule has 0 heterocycles. The van der Waals surface area contributed by atoms with Gasteiger partial charge in [-0.1, -0.05) is 36.4 Å². The lowest BCUT2D eigenvalue weighted by molar-refractivity contribution is 0.0726. The predicted octanol–water partition coefficient (Wildman–Crippen LogP) is 6.90. The van der Waals surface area contributed by atoms with Crippen LogP contribution in [-0.4, -0.2) is 17.7 Å². The molecule has 4 nitrogen and oxygen atoms in total. The third-order valence-corrected chi connectivity index (χ3v) is 5.37. The van der Waals surface area contributed by atoms with Crippen molar-refractivity contribution >= 4 is 5.97 Å². The molecule has 0 atom stereocenters. The highest BCUT2D eigenvalue weighted by Crippen LogP contribution is 2.31. The van der Waals surface area contributed by atoms with Gasteiger partial charge < -0.3 is 14.6 Å². The highest BCUT2D eigenvalue weighted by atomic mass is 19.2. The van der Waals surface area contributed by atoms with Crippen LogP contribution in [-0.2, 0) is 11.3 Å². The van der Waals surface area contributed by atoms with Crippen LogP contribution < -0.4 is 4.74 Å². The van der Waals surface area contributed by atoms with E-state index in [1.807, 2.05) is 6.92 Å². The van der Waals surface area contributed by atoms with Crippen molar-refractivity contribution < 1.29 is 32.5 Å². The van der Waals surface area contributed by atoms with Gasteiger partial charge in [-0.25, -0.2) is 13.6 Å². The number of phenolic OH excluding ortho intramolecular Hbond substituents is 1.